The number of imidazole rings is 1. The van der Waals surface area contributed by atoms with Crippen LogP contribution in [0.25, 0.3) is 28.1 Å². The zero-order valence-electron chi connectivity index (χ0n) is 14.7. The summed E-state index contributed by atoms with van der Waals surface area (Å²) < 4.78 is 7.53. The van der Waals surface area contributed by atoms with Crippen molar-refractivity contribution in [2.75, 3.05) is 7.11 Å². The van der Waals surface area contributed by atoms with Crippen LogP contribution in [0.3, 0.4) is 0 Å². The first kappa shape index (κ1) is 16.6. The van der Waals surface area contributed by atoms with E-state index in [1.165, 1.54) is 0 Å². The van der Waals surface area contributed by atoms with Gasteiger partial charge in [-0.25, -0.2) is 4.98 Å². The van der Waals surface area contributed by atoms with Crippen LogP contribution >= 0.6 is 0 Å². The summed E-state index contributed by atoms with van der Waals surface area (Å²) in [5, 5.41) is 9.02. The van der Waals surface area contributed by atoms with E-state index in [1.807, 2.05) is 53.2 Å². The summed E-state index contributed by atoms with van der Waals surface area (Å²) in [5.74, 6) is 0.796. The molecule has 0 spiro atoms. The van der Waals surface area contributed by atoms with Crippen LogP contribution in [0.2, 0.25) is 0 Å². The van der Waals surface area contributed by atoms with Crippen LogP contribution in [0, 0.1) is 11.3 Å². The van der Waals surface area contributed by atoms with Gasteiger partial charge in [0.2, 0.25) is 0 Å². The number of benzene rings is 2. The van der Waals surface area contributed by atoms with Crippen molar-refractivity contribution in [3.05, 3.63) is 85.1 Å². The van der Waals surface area contributed by atoms with Gasteiger partial charge >= 0.3 is 0 Å². The molecule has 5 heteroatoms. The Hall–Kier alpha value is -3.91. The van der Waals surface area contributed by atoms with Crippen LogP contribution in [-0.4, -0.2) is 21.6 Å². The van der Waals surface area contributed by atoms with Crippen LogP contribution in [0.15, 0.2) is 79.5 Å². The monoisotopic (exact) mass is 352 g/mol. The van der Waals surface area contributed by atoms with Crippen molar-refractivity contribution in [3.8, 4) is 39.9 Å². The number of ether oxygens (including phenoxy) is 1. The second-order valence-electron chi connectivity index (χ2n) is 5.93. The Morgan fingerprint density at radius 1 is 0.926 bits per heavy atom. The lowest BCUT2D eigenvalue weighted by molar-refractivity contribution is 0.416. The predicted molar refractivity (Wildman–Crippen MR) is 103 cm³/mol. The average molecular weight is 352 g/mol. The lowest BCUT2D eigenvalue weighted by atomic mass is 10.0. The molecule has 0 saturated heterocycles. The molecule has 0 aliphatic carbocycles. The van der Waals surface area contributed by atoms with Crippen LogP contribution in [0.1, 0.15) is 5.56 Å². The lowest BCUT2D eigenvalue weighted by Crippen LogP contribution is -2.00. The van der Waals surface area contributed by atoms with Gasteiger partial charge in [-0.1, -0.05) is 30.3 Å². The topological polar surface area (TPSA) is 63.7 Å². The van der Waals surface area contributed by atoms with E-state index in [1.54, 1.807) is 38.0 Å². The Labute approximate surface area is 157 Å². The van der Waals surface area contributed by atoms with E-state index in [4.69, 9.17) is 10.00 Å². The molecule has 0 aliphatic rings. The maximum absolute atomic E-state index is 9.02. The second kappa shape index (κ2) is 7.14. The van der Waals surface area contributed by atoms with Crippen molar-refractivity contribution in [2.24, 2.45) is 0 Å². The molecule has 0 amide bonds. The van der Waals surface area contributed by atoms with Gasteiger partial charge in [-0.2, -0.15) is 5.26 Å². The van der Waals surface area contributed by atoms with Gasteiger partial charge in [0.15, 0.2) is 0 Å². The number of pyridine rings is 1. The van der Waals surface area contributed by atoms with Gasteiger partial charge in [0.25, 0.3) is 0 Å². The molecule has 0 aliphatic heterocycles. The number of nitriles is 1. The van der Waals surface area contributed by atoms with Gasteiger partial charge in [0, 0.05) is 22.9 Å². The van der Waals surface area contributed by atoms with E-state index in [2.05, 4.69) is 16.0 Å². The predicted octanol–water partition coefficient (Wildman–Crippen LogP) is 4.48. The third-order valence-corrected chi connectivity index (χ3v) is 4.40. The molecule has 0 unspecified atom stereocenters. The summed E-state index contributed by atoms with van der Waals surface area (Å²) in [4.78, 5) is 8.65. The number of methoxy groups -OCH3 is 1. The summed E-state index contributed by atoms with van der Waals surface area (Å²) in [6, 6.07) is 19.5. The van der Waals surface area contributed by atoms with Crippen molar-refractivity contribution in [1.29, 1.82) is 5.26 Å². The molecule has 4 rings (SSSR count). The van der Waals surface area contributed by atoms with Crippen LogP contribution < -0.4 is 4.74 Å². The molecule has 0 N–H and O–H groups in total. The molecule has 0 atom stereocenters. The van der Waals surface area contributed by atoms with E-state index in [0.717, 1.165) is 33.8 Å². The zero-order chi connectivity index (χ0) is 18.6. The molecule has 130 valence electrons. The fraction of sp³-hybridized carbons (Fsp3) is 0.0455. The second-order valence-corrected chi connectivity index (χ2v) is 5.93. The third-order valence-electron chi connectivity index (χ3n) is 4.40. The minimum atomic E-state index is 0.626. The first-order valence-corrected chi connectivity index (χ1v) is 8.42. The molecule has 0 bridgehead atoms. The van der Waals surface area contributed by atoms with Crippen molar-refractivity contribution < 1.29 is 4.74 Å². The standard InChI is InChI=1S/C22H16N4O/c1-27-22-5-3-2-4-19(22)18-10-11-24-14-21(18)26-15-25-13-20(26)17-8-6-16(12-23)7-9-17/h2-11,13-15H,1H3. The zero-order valence-corrected chi connectivity index (χ0v) is 14.7. The number of nitrogens with zero attached hydrogens (tertiary/aromatic N) is 4. The smallest absolute Gasteiger partial charge is 0.126 e. The maximum atomic E-state index is 9.02. The molecule has 2 aromatic carbocycles. The molecular formula is C22H16N4O. The Bertz CT molecular complexity index is 1120. The molecule has 0 radical (unpaired) electrons. The van der Waals surface area contributed by atoms with Gasteiger partial charge in [0.1, 0.15) is 5.75 Å². The summed E-state index contributed by atoms with van der Waals surface area (Å²) in [6.45, 7) is 0. The number of rotatable bonds is 4. The number of para-hydroxylation sites is 1. The van der Waals surface area contributed by atoms with Gasteiger partial charge in [-0.05, 0) is 24.3 Å². The summed E-state index contributed by atoms with van der Waals surface area (Å²) in [5.41, 5.74) is 5.40. The van der Waals surface area contributed by atoms with Gasteiger partial charge in [-0.15, -0.1) is 0 Å². The fourth-order valence-electron chi connectivity index (χ4n) is 3.09. The molecule has 5 nitrogen and oxygen atoms in total. The van der Waals surface area contributed by atoms with Crippen molar-refractivity contribution >= 4 is 0 Å². The van der Waals surface area contributed by atoms with Gasteiger partial charge in [-0.3, -0.25) is 9.55 Å². The van der Waals surface area contributed by atoms with Gasteiger partial charge in [0.05, 0.1) is 48.8 Å². The molecule has 2 aromatic heterocycles. The largest absolute Gasteiger partial charge is 0.496 e. The molecule has 4 aromatic rings. The summed E-state index contributed by atoms with van der Waals surface area (Å²) >= 11 is 0. The van der Waals surface area contributed by atoms with Crippen molar-refractivity contribution in [3.63, 3.8) is 0 Å². The highest BCUT2D eigenvalue weighted by molar-refractivity contribution is 5.78. The number of hydrogen-bond donors (Lipinski definition) is 0. The molecule has 2 heterocycles. The number of aromatic nitrogens is 3. The van der Waals surface area contributed by atoms with E-state index in [9.17, 15) is 0 Å². The minimum absolute atomic E-state index is 0.626. The van der Waals surface area contributed by atoms with E-state index >= 15 is 0 Å². The third kappa shape index (κ3) is 3.05. The van der Waals surface area contributed by atoms with Crippen molar-refractivity contribution in [2.45, 2.75) is 0 Å². The molecule has 0 saturated carbocycles. The Kier molecular flexibility index (Phi) is 4.38. The van der Waals surface area contributed by atoms with E-state index in [0.29, 0.717) is 5.56 Å². The van der Waals surface area contributed by atoms with Crippen molar-refractivity contribution in [1.82, 2.24) is 14.5 Å². The first-order chi connectivity index (χ1) is 13.3. The van der Waals surface area contributed by atoms with Crippen LogP contribution in [-0.2, 0) is 0 Å². The number of hydrogen-bond acceptors (Lipinski definition) is 4. The Morgan fingerprint density at radius 2 is 1.74 bits per heavy atom. The van der Waals surface area contributed by atoms with E-state index < -0.39 is 0 Å². The minimum Gasteiger partial charge on any atom is -0.496 e. The quantitative estimate of drug-likeness (QED) is 0.543. The fourth-order valence-corrected chi connectivity index (χ4v) is 3.09. The summed E-state index contributed by atoms with van der Waals surface area (Å²) in [6.07, 6.45) is 7.16. The normalized spacial score (nSPS) is 10.4. The van der Waals surface area contributed by atoms with E-state index in [-0.39, 0.29) is 0 Å². The van der Waals surface area contributed by atoms with Crippen LogP contribution in [0.5, 0.6) is 5.75 Å². The highest BCUT2D eigenvalue weighted by Crippen LogP contribution is 2.35. The SMILES string of the molecule is COc1ccccc1-c1ccncc1-n1cncc1-c1ccc(C#N)cc1. The highest BCUT2D eigenvalue weighted by Gasteiger charge is 2.14. The molecule has 27 heavy (non-hydrogen) atoms. The summed E-state index contributed by atoms with van der Waals surface area (Å²) in [7, 11) is 1.67. The average Bonchev–Trinajstić information content (AvgIpc) is 3.23. The van der Waals surface area contributed by atoms with Crippen LogP contribution in [0.4, 0.5) is 0 Å². The molecular weight excluding hydrogens is 336 g/mol. The highest BCUT2D eigenvalue weighted by atomic mass is 16.5. The Morgan fingerprint density at radius 3 is 2.52 bits per heavy atom. The maximum Gasteiger partial charge on any atom is 0.126 e. The molecule has 0 fully saturated rings. The lowest BCUT2D eigenvalue weighted by Gasteiger charge is -2.15. The first-order valence-electron chi connectivity index (χ1n) is 8.42. The van der Waals surface area contributed by atoms with Gasteiger partial charge < -0.3 is 4.74 Å². The Balaban J connectivity index is 1.87.